The van der Waals surface area contributed by atoms with Gasteiger partial charge in [0.2, 0.25) is 0 Å². The van der Waals surface area contributed by atoms with Crippen molar-refractivity contribution in [3.8, 4) is 0 Å². The van der Waals surface area contributed by atoms with E-state index in [1.54, 1.807) is 13.8 Å². The molecule has 0 bridgehead atoms. The maximum absolute atomic E-state index is 13.0. The van der Waals surface area contributed by atoms with Crippen LogP contribution < -0.4 is 0 Å². The summed E-state index contributed by atoms with van der Waals surface area (Å²) in [5, 5.41) is 10.8. The van der Waals surface area contributed by atoms with Gasteiger partial charge < -0.3 is 19.3 Å². The van der Waals surface area contributed by atoms with Gasteiger partial charge in [-0.1, -0.05) is 20.8 Å². The summed E-state index contributed by atoms with van der Waals surface area (Å²) < 4.78 is 56.5. The summed E-state index contributed by atoms with van der Waals surface area (Å²) in [6, 6.07) is 0. The normalized spacial score (nSPS) is 47.0. The number of ether oxygens (including phenoxy) is 3. The van der Waals surface area contributed by atoms with E-state index in [0.29, 0.717) is 24.2 Å². The molecule has 1 heterocycles. The molecule has 6 fully saturated rings. The molecular formula is C32H47F3O6. The minimum Gasteiger partial charge on any atom is -0.457 e. The van der Waals surface area contributed by atoms with Crippen molar-refractivity contribution in [2.24, 2.45) is 45.3 Å². The van der Waals surface area contributed by atoms with Crippen molar-refractivity contribution in [2.75, 3.05) is 0 Å². The topological polar surface area (TPSA) is 82.1 Å². The third-order valence-corrected chi connectivity index (χ3v) is 13.4. The van der Waals surface area contributed by atoms with E-state index in [2.05, 4.69) is 6.92 Å². The van der Waals surface area contributed by atoms with Gasteiger partial charge in [-0.25, -0.2) is 4.79 Å². The summed E-state index contributed by atoms with van der Waals surface area (Å²) >= 11 is 0. The average Bonchev–Trinajstić information content (AvgIpc) is 3.43. The minimum absolute atomic E-state index is 0.0701. The summed E-state index contributed by atoms with van der Waals surface area (Å²) in [6.45, 7) is 11.2. The van der Waals surface area contributed by atoms with Crippen LogP contribution in [0.2, 0.25) is 0 Å². The van der Waals surface area contributed by atoms with Gasteiger partial charge in [0, 0.05) is 12.3 Å². The number of alkyl halides is 3. The molecule has 0 aromatic carbocycles. The Morgan fingerprint density at radius 2 is 1.61 bits per heavy atom. The third-order valence-electron chi connectivity index (χ3n) is 13.4. The van der Waals surface area contributed by atoms with E-state index >= 15 is 0 Å². The van der Waals surface area contributed by atoms with Gasteiger partial charge in [0.05, 0.1) is 17.8 Å². The lowest BCUT2D eigenvalue weighted by atomic mass is 9.46. The van der Waals surface area contributed by atoms with Crippen LogP contribution in [-0.4, -0.2) is 53.2 Å². The number of rotatable bonds is 4. The number of carbonyl (C=O) groups is 2. The number of halogens is 3. The molecule has 1 saturated heterocycles. The molecule has 6 rings (SSSR count). The zero-order valence-corrected chi connectivity index (χ0v) is 25.3. The molecule has 0 radical (unpaired) electrons. The minimum atomic E-state index is -4.97. The fourth-order valence-corrected chi connectivity index (χ4v) is 11.7. The Labute approximate surface area is 241 Å². The van der Waals surface area contributed by atoms with Gasteiger partial charge in [-0.05, 0) is 118 Å². The molecule has 0 amide bonds. The molecule has 0 aromatic heterocycles. The maximum Gasteiger partial charge on any atom is 0.490 e. The number of fused-ring (bicyclic) bond motifs is 4. The highest BCUT2D eigenvalue weighted by Gasteiger charge is 2.81. The van der Waals surface area contributed by atoms with Crippen LogP contribution in [-0.2, 0) is 23.8 Å². The molecule has 232 valence electrons. The Kier molecular flexibility index (Phi) is 6.58. The number of hydrogen-bond donors (Lipinski definition) is 1. The van der Waals surface area contributed by atoms with Crippen molar-refractivity contribution in [2.45, 2.75) is 142 Å². The first-order valence-corrected chi connectivity index (χ1v) is 15.7. The number of esters is 2. The van der Waals surface area contributed by atoms with Crippen molar-refractivity contribution in [3.05, 3.63) is 0 Å². The highest BCUT2D eigenvalue weighted by atomic mass is 19.4. The van der Waals surface area contributed by atoms with Crippen molar-refractivity contribution in [3.63, 3.8) is 0 Å². The lowest BCUT2D eigenvalue weighted by Gasteiger charge is -2.59. The van der Waals surface area contributed by atoms with Crippen LogP contribution in [0.15, 0.2) is 0 Å². The molecule has 9 heteroatoms. The molecule has 1 aliphatic heterocycles. The lowest BCUT2D eigenvalue weighted by Crippen LogP contribution is -2.55. The molecule has 1 N–H and O–H groups in total. The van der Waals surface area contributed by atoms with Crippen molar-refractivity contribution < 1.29 is 42.1 Å². The van der Waals surface area contributed by atoms with Crippen LogP contribution in [0.25, 0.3) is 0 Å². The maximum atomic E-state index is 13.0. The SMILES string of the molecule is CC(=O)O[C@@H](C1CCC2C(CC3C4CCC5C(C)(C)[C@@H](OC(=O)C(F)(F)F)CCC56C[C@@]46CCC23C)O1)C(C)(C)O. The largest absolute Gasteiger partial charge is 0.490 e. The van der Waals surface area contributed by atoms with E-state index in [9.17, 15) is 27.9 Å². The smallest absolute Gasteiger partial charge is 0.457 e. The van der Waals surface area contributed by atoms with Crippen LogP contribution >= 0.6 is 0 Å². The van der Waals surface area contributed by atoms with Crippen LogP contribution in [0, 0.1) is 45.3 Å². The summed E-state index contributed by atoms with van der Waals surface area (Å²) in [7, 11) is 0. The predicted octanol–water partition coefficient (Wildman–Crippen LogP) is 6.37. The molecule has 2 spiro atoms. The van der Waals surface area contributed by atoms with Crippen molar-refractivity contribution in [1.29, 1.82) is 0 Å². The Bertz CT molecular complexity index is 1100. The van der Waals surface area contributed by atoms with E-state index in [4.69, 9.17) is 14.2 Å². The predicted molar refractivity (Wildman–Crippen MR) is 143 cm³/mol. The average molecular weight is 585 g/mol. The Balaban J connectivity index is 1.21. The van der Waals surface area contributed by atoms with E-state index in [0.717, 1.165) is 57.8 Å². The highest BCUT2D eigenvalue weighted by molar-refractivity contribution is 5.75. The Hall–Kier alpha value is -1.35. The van der Waals surface area contributed by atoms with Crippen molar-refractivity contribution in [1.82, 2.24) is 0 Å². The van der Waals surface area contributed by atoms with Crippen LogP contribution in [0.5, 0.6) is 0 Å². The second-order valence-electron chi connectivity index (χ2n) is 15.9. The molecular weight excluding hydrogens is 537 g/mol. The standard InChI is InChI=1S/C32H47F3O6/c1-17(36)39-25(28(4,5)38)21-9-7-19-22(40-21)15-20-18-8-10-23-27(2,3)24(41-26(37)32(33,34)35)11-12-31(23)16-30(18,31)14-13-29(19,20)6/h18-25,38H,7-16H2,1-6H3/t18?,19?,20?,21?,22?,23?,24-,25-,29?,30-,31?/m0/s1. The lowest BCUT2D eigenvalue weighted by molar-refractivity contribution is -0.219. The van der Waals surface area contributed by atoms with Gasteiger partial charge >= 0.3 is 18.1 Å². The van der Waals surface area contributed by atoms with Gasteiger partial charge in [-0.3, -0.25) is 4.79 Å². The number of hydrogen-bond acceptors (Lipinski definition) is 6. The van der Waals surface area contributed by atoms with Gasteiger partial charge in [-0.2, -0.15) is 13.2 Å². The first kappa shape index (κ1) is 29.7. The summed E-state index contributed by atoms with van der Waals surface area (Å²) in [6.07, 6.45) is 2.80. The molecule has 6 nitrogen and oxygen atoms in total. The molecule has 11 atom stereocenters. The monoisotopic (exact) mass is 584 g/mol. The summed E-state index contributed by atoms with van der Waals surface area (Å²) in [4.78, 5) is 23.6. The zero-order valence-electron chi connectivity index (χ0n) is 25.3. The van der Waals surface area contributed by atoms with Crippen LogP contribution in [0.4, 0.5) is 13.2 Å². The summed E-state index contributed by atoms with van der Waals surface area (Å²) in [5.41, 5.74) is -1.20. The van der Waals surface area contributed by atoms with E-state index in [-0.39, 0.29) is 34.4 Å². The molecule has 6 aliphatic rings. The molecule has 5 saturated carbocycles. The second-order valence-corrected chi connectivity index (χ2v) is 15.9. The van der Waals surface area contributed by atoms with E-state index in [1.165, 1.54) is 6.92 Å². The van der Waals surface area contributed by atoms with Gasteiger partial charge in [0.15, 0.2) is 6.10 Å². The van der Waals surface area contributed by atoms with Crippen LogP contribution in [0.3, 0.4) is 0 Å². The Morgan fingerprint density at radius 1 is 0.927 bits per heavy atom. The quantitative estimate of drug-likeness (QED) is 0.387. The molecule has 41 heavy (non-hydrogen) atoms. The van der Waals surface area contributed by atoms with Gasteiger partial charge in [0.1, 0.15) is 6.10 Å². The first-order valence-electron chi connectivity index (χ1n) is 15.7. The van der Waals surface area contributed by atoms with E-state index < -0.39 is 41.3 Å². The third kappa shape index (κ3) is 4.24. The molecule has 5 aliphatic carbocycles. The fraction of sp³-hybridized carbons (Fsp3) is 0.938. The fourth-order valence-electron chi connectivity index (χ4n) is 11.7. The highest BCUT2D eigenvalue weighted by Crippen LogP contribution is 2.87. The Morgan fingerprint density at radius 3 is 2.24 bits per heavy atom. The van der Waals surface area contributed by atoms with Gasteiger partial charge in [-0.15, -0.1) is 0 Å². The van der Waals surface area contributed by atoms with Crippen LogP contribution in [0.1, 0.15) is 106 Å². The molecule has 0 aromatic rings. The number of aliphatic hydroxyl groups is 1. The van der Waals surface area contributed by atoms with E-state index in [1.807, 2.05) is 13.8 Å². The molecule has 8 unspecified atom stereocenters. The second kappa shape index (κ2) is 9.09. The first-order chi connectivity index (χ1) is 18.9. The summed E-state index contributed by atoms with van der Waals surface area (Å²) in [5.74, 6) is -0.722. The number of carbonyl (C=O) groups excluding carboxylic acids is 2. The van der Waals surface area contributed by atoms with Gasteiger partial charge in [0.25, 0.3) is 0 Å². The van der Waals surface area contributed by atoms with Crippen molar-refractivity contribution >= 4 is 11.9 Å². The zero-order chi connectivity index (χ0) is 30.0.